The SMILES string of the molecule is CN1CCN(C(=O)[C@H]2CCc3ccccc3N2)CC1. The number of aryl methyl sites for hydroxylation is 1. The van der Waals surface area contributed by atoms with Crippen molar-refractivity contribution in [3.63, 3.8) is 0 Å². The molecule has 0 bridgehead atoms. The Kier molecular flexibility index (Phi) is 3.42. The number of hydrogen-bond donors (Lipinski definition) is 1. The van der Waals surface area contributed by atoms with Crippen molar-refractivity contribution in [3.8, 4) is 0 Å². The Bertz CT molecular complexity index is 466. The summed E-state index contributed by atoms with van der Waals surface area (Å²) in [5, 5.41) is 3.40. The van der Waals surface area contributed by atoms with E-state index >= 15 is 0 Å². The summed E-state index contributed by atoms with van der Waals surface area (Å²) < 4.78 is 0. The standard InChI is InChI=1S/C15H21N3O/c1-17-8-10-18(11-9-17)15(19)14-7-6-12-4-2-3-5-13(12)16-14/h2-5,14,16H,6-11H2,1H3/t14-/m1/s1. The zero-order valence-corrected chi connectivity index (χ0v) is 11.4. The second-order valence-electron chi connectivity index (χ2n) is 5.52. The van der Waals surface area contributed by atoms with Crippen molar-refractivity contribution in [3.05, 3.63) is 29.8 Å². The van der Waals surface area contributed by atoms with Crippen LogP contribution in [0.25, 0.3) is 0 Å². The number of piperazine rings is 1. The van der Waals surface area contributed by atoms with Gasteiger partial charge in [0.05, 0.1) is 0 Å². The molecule has 102 valence electrons. The molecule has 1 saturated heterocycles. The Hall–Kier alpha value is -1.55. The lowest BCUT2D eigenvalue weighted by molar-refractivity contribution is -0.133. The quantitative estimate of drug-likeness (QED) is 0.823. The average Bonchev–Trinajstić information content (AvgIpc) is 2.47. The summed E-state index contributed by atoms with van der Waals surface area (Å²) in [6.45, 7) is 3.68. The van der Waals surface area contributed by atoms with E-state index in [9.17, 15) is 4.79 Å². The van der Waals surface area contributed by atoms with Crippen LogP contribution >= 0.6 is 0 Å². The molecule has 2 heterocycles. The number of anilines is 1. The van der Waals surface area contributed by atoms with Crippen molar-refractivity contribution in [2.45, 2.75) is 18.9 Å². The molecule has 0 unspecified atom stereocenters. The van der Waals surface area contributed by atoms with Gasteiger partial charge >= 0.3 is 0 Å². The summed E-state index contributed by atoms with van der Waals surface area (Å²) in [7, 11) is 2.11. The lowest BCUT2D eigenvalue weighted by atomic mass is 9.97. The molecule has 1 N–H and O–H groups in total. The Morgan fingerprint density at radius 2 is 1.95 bits per heavy atom. The van der Waals surface area contributed by atoms with Crippen molar-refractivity contribution < 1.29 is 4.79 Å². The molecule has 0 radical (unpaired) electrons. The number of amides is 1. The van der Waals surface area contributed by atoms with Crippen molar-refractivity contribution in [1.82, 2.24) is 9.80 Å². The van der Waals surface area contributed by atoms with Crippen molar-refractivity contribution in [2.75, 3.05) is 38.5 Å². The van der Waals surface area contributed by atoms with Crippen LogP contribution in [0.4, 0.5) is 5.69 Å². The fourth-order valence-corrected chi connectivity index (χ4v) is 2.87. The van der Waals surface area contributed by atoms with Crippen LogP contribution in [0.5, 0.6) is 0 Å². The van der Waals surface area contributed by atoms with Crippen molar-refractivity contribution in [2.24, 2.45) is 0 Å². The highest BCUT2D eigenvalue weighted by Gasteiger charge is 2.29. The molecule has 0 aromatic heterocycles. The number of nitrogens with zero attached hydrogens (tertiary/aromatic N) is 2. The predicted octanol–water partition coefficient (Wildman–Crippen LogP) is 1.19. The monoisotopic (exact) mass is 259 g/mol. The van der Waals surface area contributed by atoms with Crippen LogP contribution in [0.3, 0.4) is 0 Å². The molecule has 2 aliphatic heterocycles. The smallest absolute Gasteiger partial charge is 0.245 e. The second-order valence-corrected chi connectivity index (χ2v) is 5.52. The van der Waals surface area contributed by atoms with Gasteiger partial charge in [0.15, 0.2) is 0 Å². The zero-order chi connectivity index (χ0) is 13.2. The van der Waals surface area contributed by atoms with Gasteiger partial charge in [-0.15, -0.1) is 0 Å². The molecule has 3 rings (SSSR count). The third-order valence-corrected chi connectivity index (χ3v) is 4.16. The van der Waals surface area contributed by atoms with E-state index in [-0.39, 0.29) is 11.9 Å². The normalized spacial score (nSPS) is 23.6. The summed E-state index contributed by atoms with van der Waals surface area (Å²) >= 11 is 0. The molecule has 1 amide bonds. The Labute approximate surface area is 114 Å². The summed E-state index contributed by atoms with van der Waals surface area (Å²) in [6, 6.07) is 8.24. The van der Waals surface area contributed by atoms with E-state index in [0.717, 1.165) is 44.7 Å². The van der Waals surface area contributed by atoms with Crippen molar-refractivity contribution >= 4 is 11.6 Å². The summed E-state index contributed by atoms with van der Waals surface area (Å²) in [6.07, 6.45) is 1.90. The van der Waals surface area contributed by atoms with Gasteiger partial charge < -0.3 is 15.1 Å². The molecular weight excluding hydrogens is 238 g/mol. The maximum Gasteiger partial charge on any atom is 0.245 e. The molecule has 2 aliphatic rings. The number of nitrogens with one attached hydrogen (secondary N) is 1. The Morgan fingerprint density at radius 3 is 2.74 bits per heavy atom. The first-order valence-electron chi connectivity index (χ1n) is 7.06. The first-order chi connectivity index (χ1) is 9.24. The molecule has 1 aromatic carbocycles. The molecule has 4 heteroatoms. The van der Waals surface area contributed by atoms with Gasteiger partial charge in [-0.3, -0.25) is 4.79 Å². The van der Waals surface area contributed by atoms with E-state index in [2.05, 4.69) is 35.5 Å². The molecule has 4 nitrogen and oxygen atoms in total. The summed E-state index contributed by atoms with van der Waals surface area (Å²) in [4.78, 5) is 16.8. The lowest BCUT2D eigenvalue weighted by Gasteiger charge is -2.36. The van der Waals surface area contributed by atoms with E-state index in [4.69, 9.17) is 0 Å². The van der Waals surface area contributed by atoms with Gasteiger partial charge in [-0.05, 0) is 31.5 Å². The first kappa shape index (κ1) is 12.5. The molecule has 0 spiro atoms. The molecule has 0 saturated carbocycles. The third kappa shape index (κ3) is 2.59. The van der Waals surface area contributed by atoms with Crippen molar-refractivity contribution in [1.29, 1.82) is 0 Å². The van der Waals surface area contributed by atoms with Crippen LogP contribution in [0, 0.1) is 0 Å². The number of carbonyl (C=O) groups excluding carboxylic acids is 1. The van der Waals surface area contributed by atoms with Crippen LogP contribution in [-0.2, 0) is 11.2 Å². The number of rotatable bonds is 1. The number of fused-ring (bicyclic) bond motifs is 1. The minimum atomic E-state index is -0.0432. The predicted molar refractivity (Wildman–Crippen MR) is 76.3 cm³/mol. The number of likely N-dealkylation sites (N-methyl/N-ethyl adjacent to an activating group) is 1. The first-order valence-corrected chi connectivity index (χ1v) is 7.06. The zero-order valence-electron chi connectivity index (χ0n) is 11.4. The fraction of sp³-hybridized carbons (Fsp3) is 0.533. The maximum atomic E-state index is 12.5. The van der Waals surface area contributed by atoms with Crippen LogP contribution < -0.4 is 5.32 Å². The van der Waals surface area contributed by atoms with Crippen LogP contribution in [0.1, 0.15) is 12.0 Å². The van der Waals surface area contributed by atoms with Gasteiger partial charge in [-0.25, -0.2) is 0 Å². The van der Waals surface area contributed by atoms with E-state index in [1.54, 1.807) is 0 Å². The molecule has 1 aromatic rings. The van der Waals surface area contributed by atoms with Crippen LogP contribution in [0.2, 0.25) is 0 Å². The highest BCUT2D eigenvalue weighted by Crippen LogP contribution is 2.25. The van der Waals surface area contributed by atoms with Gasteiger partial charge in [-0.1, -0.05) is 18.2 Å². The fourth-order valence-electron chi connectivity index (χ4n) is 2.87. The van der Waals surface area contributed by atoms with E-state index in [1.807, 2.05) is 11.0 Å². The van der Waals surface area contributed by atoms with E-state index < -0.39 is 0 Å². The van der Waals surface area contributed by atoms with Gasteiger partial charge in [0.25, 0.3) is 0 Å². The molecule has 19 heavy (non-hydrogen) atoms. The lowest BCUT2D eigenvalue weighted by Crippen LogP contribution is -2.52. The maximum absolute atomic E-state index is 12.5. The van der Waals surface area contributed by atoms with E-state index in [1.165, 1.54) is 5.56 Å². The molecule has 1 fully saturated rings. The second kappa shape index (κ2) is 5.21. The van der Waals surface area contributed by atoms with Crippen LogP contribution in [0.15, 0.2) is 24.3 Å². The topological polar surface area (TPSA) is 35.6 Å². The number of carbonyl (C=O) groups is 1. The van der Waals surface area contributed by atoms with E-state index in [0.29, 0.717) is 0 Å². The largest absolute Gasteiger partial charge is 0.373 e. The number of benzene rings is 1. The van der Waals surface area contributed by atoms with Crippen LogP contribution in [-0.4, -0.2) is 55.0 Å². The Morgan fingerprint density at radius 1 is 1.21 bits per heavy atom. The van der Waals surface area contributed by atoms with Gasteiger partial charge in [0.1, 0.15) is 6.04 Å². The summed E-state index contributed by atoms with van der Waals surface area (Å²) in [5.41, 5.74) is 2.45. The average molecular weight is 259 g/mol. The molecule has 0 aliphatic carbocycles. The minimum absolute atomic E-state index is 0.0432. The molecular formula is C15H21N3O. The van der Waals surface area contributed by atoms with Gasteiger partial charge in [0.2, 0.25) is 5.91 Å². The summed E-state index contributed by atoms with van der Waals surface area (Å²) in [5.74, 6) is 0.266. The highest BCUT2D eigenvalue weighted by atomic mass is 16.2. The number of para-hydroxylation sites is 1. The Balaban J connectivity index is 1.66. The molecule has 1 atom stereocenters. The third-order valence-electron chi connectivity index (χ3n) is 4.16. The van der Waals surface area contributed by atoms with Gasteiger partial charge in [0, 0.05) is 31.9 Å². The van der Waals surface area contributed by atoms with Gasteiger partial charge in [-0.2, -0.15) is 0 Å². The number of hydrogen-bond acceptors (Lipinski definition) is 3. The minimum Gasteiger partial charge on any atom is -0.373 e. The highest BCUT2D eigenvalue weighted by molar-refractivity contribution is 5.85.